The van der Waals surface area contributed by atoms with Gasteiger partial charge in [-0.2, -0.15) is 0 Å². The van der Waals surface area contributed by atoms with E-state index in [-0.39, 0.29) is 5.60 Å². The van der Waals surface area contributed by atoms with E-state index in [1.807, 2.05) is 20.8 Å². The van der Waals surface area contributed by atoms with Gasteiger partial charge in [-0.15, -0.1) is 0 Å². The van der Waals surface area contributed by atoms with Crippen LogP contribution in [0.15, 0.2) is 12.3 Å². The summed E-state index contributed by atoms with van der Waals surface area (Å²) < 4.78 is 7.28. The third kappa shape index (κ3) is 3.38. The minimum atomic E-state index is -0.891. The number of aromatic carboxylic acids is 1. The van der Waals surface area contributed by atoms with Crippen molar-refractivity contribution < 1.29 is 14.6 Å². The van der Waals surface area contributed by atoms with Crippen molar-refractivity contribution >= 4 is 5.97 Å². The van der Waals surface area contributed by atoms with Gasteiger partial charge in [-0.3, -0.25) is 0 Å². The van der Waals surface area contributed by atoms with E-state index in [2.05, 4.69) is 0 Å². The molecular weight excluding hydrogens is 206 g/mol. The van der Waals surface area contributed by atoms with Crippen LogP contribution in [0.25, 0.3) is 0 Å². The first-order chi connectivity index (χ1) is 7.31. The smallest absolute Gasteiger partial charge is 0.352 e. The van der Waals surface area contributed by atoms with Crippen molar-refractivity contribution in [2.24, 2.45) is 0 Å². The second kappa shape index (κ2) is 4.70. The quantitative estimate of drug-likeness (QED) is 0.855. The lowest BCUT2D eigenvalue weighted by molar-refractivity contribution is -0.00703. The van der Waals surface area contributed by atoms with Gasteiger partial charge >= 0.3 is 5.97 Å². The first-order valence-corrected chi connectivity index (χ1v) is 5.34. The fourth-order valence-corrected chi connectivity index (χ4v) is 1.51. The summed E-state index contributed by atoms with van der Waals surface area (Å²) in [6.45, 7) is 8.80. The molecule has 0 aliphatic heterocycles. The maximum atomic E-state index is 11.0. The highest BCUT2D eigenvalue weighted by atomic mass is 16.5. The molecule has 0 saturated heterocycles. The maximum absolute atomic E-state index is 11.0. The van der Waals surface area contributed by atoms with Gasteiger partial charge in [0.1, 0.15) is 5.69 Å². The van der Waals surface area contributed by atoms with Crippen LogP contribution in [0, 0.1) is 6.92 Å². The van der Waals surface area contributed by atoms with Crippen molar-refractivity contribution in [1.82, 2.24) is 4.57 Å². The van der Waals surface area contributed by atoms with Crippen LogP contribution in [0.3, 0.4) is 0 Å². The molecule has 0 amide bonds. The van der Waals surface area contributed by atoms with E-state index in [9.17, 15) is 4.79 Å². The van der Waals surface area contributed by atoms with Gasteiger partial charge in [0.2, 0.25) is 0 Å². The van der Waals surface area contributed by atoms with Gasteiger partial charge in [0, 0.05) is 12.7 Å². The lowest BCUT2D eigenvalue weighted by atomic mass is 10.2. The number of carboxylic acids is 1. The second-order valence-electron chi connectivity index (χ2n) is 4.81. The van der Waals surface area contributed by atoms with Crippen molar-refractivity contribution in [3.8, 4) is 0 Å². The Labute approximate surface area is 95.8 Å². The average Bonchev–Trinajstić information content (AvgIpc) is 2.44. The van der Waals surface area contributed by atoms with E-state index in [0.29, 0.717) is 18.8 Å². The van der Waals surface area contributed by atoms with Crippen molar-refractivity contribution in [1.29, 1.82) is 0 Å². The van der Waals surface area contributed by atoms with Crippen LogP contribution < -0.4 is 0 Å². The predicted octanol–water partition coefficient (Wildman–Crippen LogP) is 2.31. The van der Waals surface area contributed by atoms with Gasteiger partial charge in [-0.25, -0.2) is 4.79 Å². The predicted molar refractivity (Wildman–Crippen MR) is 61.8 cm³/mol. The van der Waals surface area contributed by atoms with E-state index in [1.165, 1.54) is 0 Å². The number of aromatic nitrogens is 1. The van der Waals surface area contributed by atoms with Gasteiger partial charge in [-0.1, -0.05) is 0 Å². The van der Waals surface area contributed by atoms with Gasteiger partial charge in [0.05, 0.1) is 12.2 Å². The number of hydrogen-bond donors (Lipinski definition) is 1. The molecule has 1 N–H and O–H groups in total. The molecule has 0 aromatic carbocycles. The zero-order valence-electron chi connectivity index (χ0n) is 10.3. The number of ether oxygens (including phenoxy) is 1. The van der Waals surface area contributed by atoms with Gasteiger partial charge in [0.15, 0.2) is 0 Å². The number of rotatable bonds is 4. The Bertz CT molecular complexity index is 374. The topological polar surface area (TPSA) is 51.5 Å². The number of aryl methyl sites for hydroxylation is 1. The Morgan fingerprint density at radius 2 is 2.12 bits per heavy atom. The summed E-state index contributed by atoms with van der Waals surface area (Å²) in [5.41, 5.74) is 0.937. The molecule has 0 atom stereocenters. The fourth-order valence-electron chi connectivity index (χ4n) is 1.51. The Kier molecular flexibility index (Phi) is 3.75. The highest BCUT2D eigenvalue weighted by Gasteiger charge is 2.14. The lowest BCUT2D eigenvalue weighted by Gasteiger charge is -2.20. The molecular formula is C12H19NO3. The third-order valence-corrected chi connectivity index (χ3v) is 2.24. The zero-order valence-corrected chi connectivity index (χ0v) is 10.3. The average molecular weight is 225 g/mol. The molecule has 0 bridgehead atoms. The van der Waals surface area contributed by atoms with Gasteiger partial charge in [0.25, 0.3) is 0 Å². The molecule has 0 aliphatic rings. The molecule has 0 fully saturated rings. The molecule has 0 saturated carbocycles. The molecule has 4 heteroatoms. The molecule has 1 rings (SSSR count). The molecule has 0 radical (unpaired) electrons. The van der Waals surface area contributed by atoms with Crippen LogP contribution in [0.1, 0.15) is 36.8 Å². The Morgan fingerprint density at radius 1 is 1.50 bits per heavy atom. The molecule has 4 nitrogen and oxygen atoms in total. The minimum Gasteiger partial charge on any atom is -0.477 e. The van der Waals surface area contributed by atoms with Gasteiger partial charge in [-0.05, 0) is 39.3 Å². The van der Waals surface area contributed by atoms with Crippen LogP contribution in [0.5, 0.6) is 0 Å². The lowest BCUT2D eigenvalue weighted by Crippen LogP contribution is -2.22. The molecule has 0 aliphatic carbocycles. The number of carboxylic acid groups (broad SMARTS) is 1. The summed E-state index contributed by atoms with van der Waals surface area (Å²) in [5.74, 6) is -0.891. The molecule has 16 heavy (non-hydrogen) atoms. The zero-order chi connectivity index (χ0) is 12.3. The van der Waals surface area contributed by atoms with Crippen molar-refractivity contribution in [2.75, 3.05) is 6.61 Å². The maximum Gasteiger partial charge on any atom is 0.352 e. The van der Waals surface area contributed by atoms with Crippen molar-refractivity contribution in [3.05, 3.63) is 23.5 Å². The summed E-state index contributed by atoms with van der Waals surface area (Å²) in [7, 11) is 0. The normalized spacial score (nSPS) is 11.8. The minimum absolute atomic E-state index is 0.189. The summed E-state index contributed by atoms with van der Waals surface area (Å²) in [6, 6.07) is 1.81. The van der Waals surface area contributed by atoms with Crippen LogP contribution in [0.4, 0.5) is 0 Å². The fraction of sp³-hybridized carbons (Fsp3) is 0.583. The monoisotopic (exact) mass is 225 g/mol. The number of carbonyl (C=O) groups is 1. The molecule has 1 aromatic rings. The van der Waals surface area contributed by atoms with Crippen molar-refractivity contribution in [3.63, 3.8) is 0 Å². The van der Waals surface area contributed by atoms with E-state index >= 15 is 0 Å². The SMILES string of the molecule is Cc1ccn(CCOC(C)(C)C)c1C(=O)O. The molecule has 0 unspecified atom stereocenters. The van der Waals surface area contributed by atoms with E-state index in [0.717, 1.165) is 5.56 Å². The third-order valence-electron chi connectivity index (χ3n) is 2.24. The van der Waals surface area contributed by atoms with E-state index < -0.39 is 5.97 Å². The largest absolute Gasteiger partial charge is 0.477 e. The highest BCUT2D eigenvalue weighted by molar-refractivity contribution is 5.87. The Balaban J connectivity index is 2.64. The molecule has 90 valence electrons. The second-order valence-corrected chi connectivity index (χ2v) is 4.81. The summed E-state index contributed by atoms with van der Waals surface area (Å²) in [4.78, 5) is 11.0. The summed E-state index contributed by atoms with van der Waals surface area (Å²) in [5, 5.41) is 9.03. The van der Waals surface area contributed by atoms with Crippen molar-refractivity contribution in [2.45, 2.75) is 39.8 Å². The standard InChI is InChI=1S/C12H19NO3/c1-9-5-6-13(10(9)11(14)15)7-8-16-12(2,3)4/h5-6H,7-8H2,1-4H3,(H,14,15). The summed E-state index contributed by atoms with van der Waals surface area (Å²) >= 11 is 0. The van der Waals surface area contributed by atoms with Crippen LogP contribution in [-0.4, -0.2) is 27.9 Å². The van der Waals surface area contributed by atoms with Crippen LogP contribution in [0.2, 0.25) is 0 Å². The van der Waals surface area contributed by atoms with Crippen LogP contribution in [-0.2, 0) is 11.3 Å². The molecule has 1 heterocycles. The van der Waals surface area contributed by atoms with E-state index in [1.54, 1.807) is 23.8 Å². The molecule has 0 spiro atoms. The van der Waals surface area contributed by atoms with Gasteiger partial charge < -0.3 is 14.4 Å². The first-order valence-electron chi connectivity index (χ1n) is 5.34. The van der Waals surface area contributed by atoms with Crippen LogP contribution >= 0.6 is 0 Å². The van der Waals surface area contributed by atoms with E-state index in [4.69, 9.17) is 9.84 Å². The number of nitrogens with zero attached hydrogens (tertiary/aromatic N) is 1. The molecule has 1 aromatic heterocycles. The highest BCUT2D eigenvalue weighted by Crippen LogP contribution is 2.11. The summed E-state index contributed by atoms with van der Waals surface area (Å²) in [6.07, 6.45) is 1.78. The number of hydrogen-bond acceptors (Lipinski definition) is 2. The Hall–Kier alpha value is -1.29. The Morgan fingerprint density at radius 3 is 2.62 bits per heavy atom. The first kappa shape index (κ1) is 12.8.